The second kappa shape index (κ2) is 8.51. The zero-order valence-corrected chi connectivity index (χ0v) is 16.9. The van der Waals surface area contributed by atoms with Crippen molar-refractivity contribution in [1.82, 2.24) is 4.90 Å². The topological polar surface area (TPSA) is 44.8 Å². The van der Waals surface area contributed by atoms with E-state index in [4.69, 9.17) is 4.74 Å². The fraction of sp³-hybridized carbons (Fsp3) is 0.435. The molecule has 6 heteroatoms. The van der Waals surface area contributed by atoms with E-state index in [0.29, 0.717) is 26.1 Å². The van der Waals surface area contributed by atoms with E-state index < -0.39 is 5.41 Å². The van der Waals surface area contributed by atoms with Crippen molar-refractivity contribution < 1.29 is 13.9 Å². The molecule has 0 radical (unpaired) electrons. The number of halogens is 1. The summed E-state index contributed by atoms with van der Waals surface area (Å²) in [5.41, 5.74) is 2.10. The van der Waals surface area contributed by atoms with Crippen LogP contribution < -0.4 is 10.2 Å². The van der Waals surface area contributed by atoms with Gasteiger partial charge >= 0.3 is 0 Å². The van der Waals surface area contributed by atoms with Gasteiger partial charge in [0.05, 0.1) is 5.41 Å². The van der Waals surface area contributed by atoms with E-state index in [1.54, 1.807) is 12.1 Å². The molecule has 1 amide bonds. The molecule has 0 atom stereocenters. The summed E-state index contributed by atoms with van der Waals surface area (Å²) in [5, 5.41) is 3.09. The molecule has 0 bridgehead atoms. The van der Waals surface area contributed by atoms with Crippen molar-refractivity contribution >= 4 is 17.3 Å². The lowest BCUT2D eigenvalue weighted by Gasteiger charge is -2.36. The first kappa shape index (κ1) is 19.9. The van der Waals surface area contributed by atoms with Crippen LogP contribution in [0.15, 0.2) is 48.5 Å². The highest BCUT2D eigenvalue weighted by atomic mass is 19.1. The molecule has 0 aromatic heterocycles. The van der Waals surface area contributed by atoms with Gasteiger partial charge in [0.2, 0.25) is 5.91 Å². The Morgan fingerprint density at radius 3 is 2.21 bits per heavy atom. The van der Waals surface area contributed by atoms with Gasteiger partial charge < -0.3 is 19.9 Å². The second-order valence-corrected chi connectivity index (χ2v) is 7.99. The molecule has 154 valence electrons. The van der Waals surface area contributed by atoms with Crippen LogP contribution in [0.4, 0.5) is 15.8 Å². The third kappa shape index (κ3) is 4.28. The summed E-state index contributed by atoms with van der Waals surface area (Å²) < 4.78 is 18.9. The van der Waals surface area contributed by atoms with Crippen LogP contribution in [0.2, 0.25) is 0 Å². The minimum Gasteiger partial charge on any atom is -0.381 e. The zero-order chi connectivity index (χ0) is 20.3. The molecular weight excluding hydrogens is 369 g/mol. The van der Waals surface area contributed by atoms with Crippen LogP contribution in [0.25, 0.3) is 0 Å². The number of piperazine rings is 1. The number of amides is 1. The number of hydrogen-bond acceptors (Lipinski definition) is 4. The Labute approximate surface area is 171 Å². The SMILES string of the molecule is CN1CCN(c2ccc(NC(=O)C3(c4ccc(F)cc4)CCOCC3)cc2)CC1. The maximum atomic E-state index is 13.4. The molecule has 2 aliphatic rings. The van der Waals surface area contributed by atoms with Crippen LogP contribution >= 0.6 is 0 Å². The van der Waals surface area contributed by atoms with Crippen molar-refractivity contribution in [3.63, 3.8) is 0 Å². The molecule has 0 unspecified atom stereocenters. The quantitative estimate of drug-likeness (QED) is 0.860. The highest BCUT2D eigenvalue weighted by Crippen LogP contribution is 2.36. The Kier molecular flexibility index (Phi) is 5.83. The maximum Gasteiger partial charge on any atom is 0.235 e. The summed E-state index contributed by atoms with van der Waals surface area (Å²) in [6.07, 6.45) is 1.17. The summed E-state index contributed by atoms with van der Waals surface area (Å²) in [6.45, 7) is 5.17. The van der Waals surface area contributed by atoms with E-state index >= 15 is 0 Å². The van der Waals surface area contributed by atoms with Gasteiger partial charge in [-0.2, -0.15) is 0 Å². The average Bonchev–Trinajstić information content (AvgIpc) is 2.76. The van der Waals surface area contributed by atoms with Crippen LogP contribution in [0, 0.1) is 5.82 Å². The Hall–Kier alpha value is -2.44. The third-order valence-corrected chi connectivity index (χ3v) is 6.17. The number of ether oxygens (including phenoxy) is 1. The summed E-state index contributed by atoms with van der Waals surface area (Å²) in [4.78, 5) is 18.0. The monoisotopic (exact) mass is 397 g/mol. The summed E-state index contributed by atoms with van der Waals surface area (Å²) in [6, 6.07) is 14.3. The van der Waals surface area contributed by atoms with E-state index in [1.807, 2.05) is 12.1 Å². The summed E-state index contributed by atoms with van der Waals surface area (Å²) in [5.74, 6) is -0.351. The first-order valence-electron chi connectivity index (χ1n) is 10.3. The smallest absolute Gasteiger partial charge is 0.235 e. The second-order valence-electron chi connectivity index (χ2n) is 7.99. The van der Waals surface area contributed by atoms with Crippen molar-refractivity contribution in [2.45, 2.75) is 18.3 Å². The number of hydrogen-bond donors (Lipinski definition) is 1. The molecule has 2 aromatic rings. The van der Waals surface area contributed by atoms with Crippen LogP contribution in [0.5, 0.6) is 0 Å². The fourth-order valence-corrected chi connectivity index (χ4v) is 4.21. The summed E-state index contributed by atoms with van der Waals surface area (Å²) in [7, 11) is 2.14. The number of anilines is 2. The van der Waals surface area contributed by atoms with E-state index in [2.05, 4.69) is 34.3 Å². The van der Waals surface area contributed by atoms with E-state index in [1.165, 1.54) is 17.8 Å². The predicted octanol–water partition coefficient (Wildman–Crippen LogP) is 3.26. The average molecular weight is 397 g/mol. The van der Waals surface area contributed by atoms with Gasteiger partial charge in [0.25, 0.3) is 0 Å². The van der Waals surface area contributed by atoms with Crippen molar-refractivity contribution in [2.75, 3.05) is 56.7 Å². The van der Waals surface area contributed by atoms with Gasteiger partial charge in [0, 0.05) is 50.8 Å². The standard InChI is InChI=1S/C23H28FN3O2/c1-26-12-14-27(15-13-26)21-8-6-20(7-9-21)25-22(28)23(10-16-29-17-11-23)18-2-4-19(24)5-3-18/h2-9H,10-17H2,1H3,(H,25,28). The molecule has 2 heterocycles. The largest absolute Gasteiger partial charge is 0.381 e. The van der Waals surface area contributed by atoms with Gasteiger partial charge in [-0.25, -0.2) is 4.39 Å². The van der Waals surface area contributed by atoms with Crippen molar-refractivity contribution in [1.29, 1.82) is 0 Å². The lowest BCUT2D eigenvalue weighted by atomic mass is 9.73. The van der Waals surface area contributed by atoms with E-state index in [-0.39, 0.29) is 11.7 Å². The van der Waals surface area contributed by atoms with Crippen LogP contribution in [0.1, 0.15) is 18.4 Å². The molecule has 2 fully saturated rings. The normalized spacial score (nSPS) is 19.7. The molecule has 2 aliphatic heterocycles. The number of carbonyl (C=O) groups excluding carboxylic acids is 1. The van der Waals surface area contributed by atoms with Gasteiger partial charge in [-0.15, -0.1) is 0 Å². The van der Waals surface area contributed by atoms with Gasteiger partial charge in [-0.1, -0.05) is 12.1 Å². The molecule has 5 nitrogen and oxygen atoms in total. The molecule has 2 aromatic carbocycles. The number of rotatable bonds is 4. The van der Waals surface area contributed by atoms with Crippen LogP contribution in [0.3, 0.4) is 0 Å². The van der Waals surface area contributed by atoms with Gasteiger partial charge in [-0.05, 0) is 61.9 Å². The Morgan fingerprint density at radius 1 is 0.966 bits per heavy atom. The molecule has 0 spiro atoms. The highest BCUT2D eigenvalue weighted by Gasteiger charge is 2.41. The van der Waals surface area contributed by atoms with E-state index in [9.17, 15) is 9.18 Å². The molecule has 2 saturated heterocycles. The lowest BCUT2D eigenvalue weighted by molar-refractivity contribution is -0.125. The van der Waals surface area contributed by atoms with Gasteiger partial charge in [-0.3, -0.25) is 4.79 Å². The first-order chi connectivity index (χ1) is 14.1. The first-order valence-corrected chi connectivity index (χ1v) is 10.3. The molecule has 4 rings (SSSR count). The third-order valence-electron chi connectivity index (χ3n) is 6.17. The Balaban J connectivity index is 1.49. The van der Waals surface area contributed by atoms with Crippen molar-refractivity contribution in [3.8, 4) is 0 Å². The van der Waals surface area contributed by atoms with Gasteiger partial charge in [0.15, 0.2) is 0 Å². The predicted molar refractivity (Wildman–Crippen MR) is 113 cm³/mol. The van der Waals surface area contributed by atoms with E-state index in [0.717, 1.165) is 37.4 Å². The van der Waals surface area contributed by atoms with Crippen molar-refractivity contribution in [3.05, 3.63) is 59.9 Å². The molecule has 29 heavy (non-hydrogen) atoms. The van der Waals surface area contributed by atoms with Crippen LogP contribution in [-0.4, -0.2) is 57.2 Å². The Bertz CT molecular complexity index is 824. The summed E-state index contributed by atoms with van der Waals surface area (Å²) >= 11 is 0. The molecule has 0 aliphatic carbocycles. The van der Waals surface area contributed by atoms with Gasteiger partial charge in [0.1, 0.15) is 5.82 Å². The highest BCUT2D eigenvalue weighted by molar-refractivity contribution is 5.99. The number of likely N-dealkylation sites (N-methyl/N-ethyl adjacent to an activating group) is 1. The van der Waals surface area contributed by atoms with Crippen LogP contribution in [-0.2, 0) is 14.9 Å². The molecule has 1 N–H and O–H groups in total. The Morgan fingerprint density at radius 2 is 1.59 bits per heavy atom. The number of carbonyl (C=O) groups is 1. The minimum atomic E-state index is -0.692. The number of benzene rings is 2. The molecular formula is C23H28FN3O2. The molecule has 0 saturated carbocycles. The maximum absolute atomic E-state index is 13.4. The fourth-order valence-electron chi connectivity index (χ4n) is 4.21. The minimum absolute atomic E-state index is 0.0558. The lowest BCUT2D eigenvalue weighted by Crippen LogP contribution is -2.45. The number of nitrogens with one attached hydrogen (secondary N) is 1. The van der Waals surface area contributed by atoms with Crippen molar-refractivity contribution in [2.24, 2.45) is 0 Å². The number of nitrogens with zero attached hydrogens (tertiary/aromatic N) is 2. The zero-order valence-electron chi connectivity index (χ0n) is 16.9.